The number of rotatable bonds is 4. The molecular formula is C18H28N4O2. The van der Waals surface area contributed by atoms with Gasteiger partial charge in [-0.05, 0) is 32.4 Å². The third-order valence-electron chi connectivity index (χ3n) is 5.29. The standard InChI is InChI=1S/C18H28N4O2/c1-14(16-6-12-24-13-16)20-18(23)22-10-8-21(9-11-22)15(2)17-5-3-4-7-19-17/h3-5,7,14-16H,6,8-13H2,1-2H3,(H,20,23)/t14-,15+,16+/m0/s1. The predicted octanol–water partition coefficient (Wildman–Crippen LogP) is 1.89. The van der Waals surface area contributed by atoms with Gasteiger partial charge in [0.2, 0.25) is 0 Å². The first-order chi connectivity index (χ1) is 11.6. The third kappa shape index (κ3) is 4.05. The Kier molecular flexibility index (Phi) is 5.68. The van der Waals surface area contributed by atoms with Crippen LogP contribution in [0.2, 0.25) is 0 Å². The van der Waals surface area contributed by atoms with Gasteiger partial charge in [0.25, 0.3) is 0 Å². The summed E-state index contributed by atoms with van der Waals surface area (Å²) in [6.07, 6.45) is 2.88. The van der Waals surface area contributed by atoms with Crippen molar-refractivity contribution >= 4 is 6.03 Å². The van der Waals surface area contributed by atoms with Crippen molar-refractivity contribution in [1.82, 2.24) is 20.1 Å². The molecule has 3 atom stereocenters. The molecule has 2 saturated heterocycles. The second-order valence-corrected chi connectivity index (χ2v) is 6.82. The SMILES string of the molecule is C[C@H](NC(=O)N1CCN([C@H](C)c2ccccn2)CC1)[C@@H]1CCOC1. The van der Waals surface area contributed by atoms with Crippen molar-refractivity contribution in [3.63, 3.8) is 0 Å². The number of carbonyl (C=O) groups is 1. The molecule has 132 valence electrons. The molecule has 3 rings (SSSR count). The minimum Gasteiger partial charge on any atom is -0.381 e. The summed E-state index contributed by atoms with van der Waals surface area (Å²) in [5.74, 6) is 0.444. The zero-order valence-corrected chi connectivity index (χ0v) is 14.6. The van der Waals surface area contributed by atoms with E-state index >= 15 is 0 Å². The van der Waals surface area contributed by atoms with Gasteiger partial charge in [0.1, 0.15) is 0 Å². The highest BCUT2D eigenvalue weighted by molar-refractivity contribution is 5.74. The van der Waals surface area contributed by atoms with E-state index in [1.165, 1.54) is 0 Å². The van der Waals surface area contributed by atoms with Crippen molar-refractivity contribution < 1.29 is 9.53 Å². The van der Waals surface area contributed by atoms with Crippen LogP contribution < -0.4 is 5.32 Å². The average molecular weight is 332 g/mol. The number of nitrogens with one attached hydrogen (secondary N) is 1. The number of pyridine rings is 1. The van der Waals surface area contributed by atoms with Gasteiger partial charge in [0, 0.05) is 57.0 Å². The molecule has 1 N–H and O–H groups in total. The predicted molar refractivity (Wildman–Crippen MR) is 92.7 cm³/mol. The summed E-state index contributed by atoms with van der Waals surface area (Å²) >= 11 is 0. The first-order valence-electron chi connectivity index (χ1n) is 8.93. The van der Waals surface area contributed by atoms with Crippen molar-refractivity contribution in [3.8, 4) is 0 Å². The van der Waals surface area contributed by atoms with Crippen LogP contribution in [0.25, 0.3) is 0 Å². The van der Waals surface area contributed by atoms with E-state index in [1.807, 2.05) is 23.2 Å². The van der Waals surface area contributed by atoms with Crippen molar-refractivity contribution in [1.29, 1.82) is 0 Å². The molecule has 1 aromatic rings. The molecule has 0 radical (unpaired) electrons. The van der Waals surface area contributed by atoms with E-state index in [9.17, 15) is 4.79 Å². The van der Waals surface area contributed by atoms with Crippen LogP contribution >= 0.6 is 0 Å². The zero-order chi connectivity index (χ0) is 16.9. The first kappa shape index (κ1) is 17.2. The van der Waals surface area contributed by atoms with Crippen LogP contribution in [0.5, 0.6) is 0 Å². The Morgan fingerprint density at radius 1 is 1.29 bits per heavy atom. The fraction of sp³-hybridized carbons (Fsp3) is 0.667. The molecule has 0 unspecified atom stereocenters. The Labute approximate surface area is 144 Å². The molecule has 2 fully saturated rings. The topological polar surface area (TPSA) is 57.7 Å². The van der Waals surface area contributed by atoms with E-state index in [0.717, 1.165) is 51.5 Å². The van der Waals surface area contributed by atoms with Gasteiger partial charge < -0.3 is 15.0 Å². The molecule has 0 spiro atoms. The van der Waals surface area contributed by atoms with Gasteiger partial charge in [0.15, 0.2) is 0 Å². The molecule has 3 heterocycles. The van der Waals surface area contributed by atoms with Gasteiger partial charge in [-0.3, -0.25) is 9.88 Å². The Hall–Kier alpha value is -1.66. The van der Waals surface area contributed by atoms with E-state index in [1.54, 1.807) is 0 Å². The van der Waals surface area contributed by atoms with Gasteiger partial charge >= 0.3 is 6.03 Å². The first-order valence-corrected chi connectivity index (χ1v) is 8.93. The molecule has 0 aliphatic carbocycles. The molecule has 1 aromatic heterocycles. The number of hydrogen-bond acceptors (Lipinski definition) is 4. The molecular weight excluding hydrogens is 304 g/mol. The summed E-state index contributed by atoms with van der Waals surface area (Å²) in [6.45, 7) is 9.12. The third-order valence-corrected chi connectivity index (χ3v) is 5.29. The van der Waals surface area contributed by atoms with E-state index in [4.69, 9.17) is 4.74 Å². The minimum absolute atomic E-state index is 0.0551. The van der Waals surface area contributed by atoms with Crippen molar-refractivity contribution in [2.45, 2.75) is 32.4 Å². The lowest BCUT2D eigenvalue weighted by molar-refractivity contribution is 0.109. The van der Waals surface area contributed by atoms with Crippen molar-refractivity contribution in [2.75, 3.05) is 39.4 Å². The molecule has 6 nitrogen and oxygen atoms in total. The quantitative estimate of drug-likeness (QED) is 0.915. The number of hydrogen-bond donors (Lipinski definition) is 1. The fourth-order valence-electron chi connectivity index (χ4n) is 3.47. The number of nitrogens with zero attached hydrogens (tertiary/aromatic N) is 3. The summed E-state index contributed by atoms with van der Waals surface area (Å²) < 4.78 is 5.41. The lowest BCUT2D eigenvalue weighted by Crippen LogP contribution is -2.54. The summed E-state index contributed by atoms with van der Waals surface area (Å²) in [5, 5.41) is 3.14. The smallest absolute Gasteiger partial charge is 0.317 e. The molecule has 2 aliphatic rings. The Balaban J connectivity index is 1.46. The zero-order valence-electron chi connectivity index (χ0n) is 14.6. The van der Waals surface area contributed by atoms with Crippen molar-refractivity contribution in [3.05, 3.63) is 30.1 Å². The van der Waals surface area contributed by atoms with Gasteiger partial charge in [-0.1, -0.05) is 6.07 Å². The highest BCUT2D eigenvalue weighted by Gasteiger charge is 2.28. The van der Waals surface area contributed by atoms with Crippen LogP contribution in [0.1, 0.15) is 32.0 Å². The van der Waals surface area contributed by atoms with Crippen LogP contribution in [0.4, 0.5) is 4.79 Å². The molecule has 6 heteroatoms. The average Bonchev–Trinajstić information content (AvgIpc) is 3.17. The van der Waals surface area contributed by atoms with Crippen LogP contribution in [-0.4, -0.2) is 66.2 Å². The van der Waals surface area contributed by atoms with Gasteiger partial charge in [-0.2, -0.15) is 0 Å². The number of aromatic nitrogens is 1. The number of piperazine rings is 1. The molecule has 24 heavy (non-hydrogen) atoms. The molecule has 2 amide bonds. The Morgan fingerprint density at radius 3 is 2.71 bits per heavy atom. The summed E-state index contributed by atoms with van der Waals surface area (Å²) in [6, 6.07) is 6.54. The monoisotopic (exact) mass is 332 g/mol. The van der Waals surface area contributed by atoms with Gasteiger partial charge in [-0.15, -0.1) is 0 Å². The fourth-order valence-corrected chi connectivity index (χ4v) is 3.47. The largest absolute Gasteiger partial charge is 0.381 e. The molecule has 2 aliphatic heterocycles. The van der Waals surface area contributed by atoms with Gasteiger partial charge in [-0.25, -0.2) is 4.79 Å². The molecule has 0 bridgehead atoms. The van der Waals surface area contributed by atoms with Crippen LogP contribution in [-0.2, 0) is 4.74 Å². The highest BCUT2D eigenvalue weighted by atomic mass is 16.5. The van der Waals surface area contributed by atoms with E-state index in [-0.39, 0.29) is 18.1 Å². The van der Waals surface area contributed by atoms with Crippen molar-refractivity contribution in [2.24, 2.45) is 5.92 Å². The normalized spacial score (nSPS) is 24.6. The Morgan fingerprint density at radius 2 is 2.08 bits per heavy atom. The maximum Gasteiger partial charge on any atom is 0.317 e. The number of urea groups is 1. The second-order valence-electron chi connectivity index (χ2n) is 6.82. The molecule has 0 aromatic carbocycles. The second kappa shape index (κ2) is 7.94. The maximum atomic E-state index is 12.5. The number of ether oxygens (including phenoxy) is 1. The van der Waals surface area contributed by atoms with E-state index in [2.05, 4.69) is 35.1 Å². The number of amides is 2. The summed E-state index contributed by atoms with van der Waals surface area (Å²) in [4.78, 5) is 21.2. The maximum absolute atomic E-state index is 12.5. The van der Waals surface area contributed by atoms with Gasteiger partial charge in [0.05, 0.1) is 12.3 Å². The lowest BCUT2D eigenvalue weighted by Gasteiger charge is -2.38. The van der Waals surface area contributed by atoms with E-state index < -0.39 is 0 Å². The summed E-state index contributed by atoms with van der Waals surface area (Å²) in [7, 11) is 0. The molecule has 0 saturated carbocycles. The van der Waals surface area contributed by atoms with Crippen LogP contribution in [0.3, 0.4) is 0 Å². The summed E-state index contributed by atoms with van der Waals surface area (Å²) in [5.41, 5.74) is 1.09. The lowest BCUT2D eigenvalue weighted by atomic mass is 10.0. The Bertz CT molecular complexity index is 525. The van der Waals surface area contributed by atoms with Crippen LogP contribution in [0, 0.1) is 5.92 Å². The minimum atomic E-state index is 0.0551. The number of carbonyl (C=O) groups excluding carboxylic acids is 1. The van der Waals surface area contributed by atoms with E-state index in [0.29, 0.717) is 5.92 Å². The van der Waals surface area contributed by atoms with Crippen LogP contribution in [0.15, 0.2) is 24.4 Å². The highest BCUT2D eigenvalue weighted by Crippen LogP contribution is 2.20.